The Hall–Kier alpha value is -0.380. The molecule has 1 saturated heterocycles. The van der Waals surface area contributed by atoms with Crippen molar-refractivity contribution >= 4 is 32.6 Å². The summed E-state index contributed by atoms with van der Waals surface area (Å²) in [6, 6.07) is 4.82. The van der Waals surface area contributed by atoms with E-state index in [1.165, 1.54) is 13.2 Å². The Labute approximate surface area is 126 Å². The fourth-order valence-corrected chi connectivity index (χ4v) is 3.54. The van der Waals surface area contributed by atoms with E-state index in [2.05, 4.69) is 27.3 Å². The van der Waals surface area contributed by atoms with Crippen LogP contribution in [0.4, 0.5) is 0 Å². The lowest BCUT2D eigenvalue weighted by molar-refractivity contribution is 0.114. The molecule has 1 aromatic carbocycles. The van der Waals surface area contributed by atoms with E-state index in [0.29, 0.717) is 18.9 Å². The van der Waals surface area contributed by atoms with Crippen LogP contribution in [0.2, 0.25) is 0 Å². The lowest BCUT2D eigenvalue weighted by atomic mass is 10.2. The average molecular weight is 397 g/mol. The van der Waals surface area contributed by atoms with Crippen molar-refractivity contribution < 1.29 is 17.9 Å². The van der Waals surface area contributed by atoms with Crippen molar-refractivity contribution in [3.8, 4) is 5.75 Å². The van der Waals surface area contributed by atoms with Crippen LogP contribution >= 0.6 is 22.6 Å². The smallest absolute Gasteiger partial charge is 0.240 e. The molecule has 106 valence electrons. The predicted octanol–water partition coefficient (Wildman–Crippen LogP) is 1.76. The summed E-state index contributed by atoms with van der Waals surface area (Å²) in [6.07, 6.45) is 1.88. The van der Waals surface area contributed by atoms with Gasteiger partial charge in [0.1, 0.15) is 5.75 Å². The van der Waals surface area contributed by atoms with Crippen molar-refractivity contribution in [1.29, 1.82) is 0 Å². The minimum absolute atomic E-state index is 0.0134. The number of methoxy groups -OCH3 is 1. The van der Waals surface area contributed by atoms with Crippen LogP contribution in [0.25, 0.3) is 0 Å². The summed E-state index contributed by atoms with van der Waals surface area (Å²) in [7, 11) is -1.99. The molecule has 0 saturated carbocycles. The van der Waals surface area contributed by atoms with Gasteiger partial charge in [-0.25, -0.2) is 13.1 Å². The molecule has 0 aliphatic carbocycles. The first kappa shape index (κ1) is 15.0. The topological polar surface area (TPSA) is 64.6 Å². The zero-order valence-electron chi connectivity index (χ0n) is 10.6. The Balaban J connectivity index is 2.10. The van der Waals surface area contributed by atoms with Gasteiger partial charge in [0.15, 0.2) is 0 Å². The van der Waals surface area contributed by atoms with E-state index in [-0.39, 0.29) is 11.0 Å². The highest BCUT2D eigenvalue weighted by Crippen LogP contribution is 2.24. The molecule has 1 aliphatic rings. The van der Waals surface area contributed by atoms with Gasteiger partial charge in [-0.15, -0.1) is 0 Å². The molecule has 1 unspecified atom stereocenters. The van der Waals surface area contributed by atoms with Crippen molar-refractivity contribution in [2.75, 3.05) is 20.3 Å². The van der Waals surface area contributed by atoms with Crippen molar-refractivity contribution in [3.63, 3.8) is 0 Å². The Kier molecular flexibility index (Phi) is 5.04. The van der Waals surface area contributed by atoms with Crippen molar-refractivity contribution in [2.45, 2.75) is 23.8 Å². The zero-order valence-corrected chi connectivity index (χ0v) is 13.5. The van der Waals surface area contributed by atoms with Gasteiger partial charge < -0.3 is 9.47 Å². The van der Waals surface area contributed by atoms with Gasteiger partial charge in [-0.3, -0.25) is 0 Å². The van der Waals surface area contributed by atoms with Gasteiger partial charge in [0.2, 0.25) is 10.0 Å². The van der Waals surface area contributed by atoms with Gasteiger partial charge in [0.05, 0.1) is 21.7 Å². The molecule has 1 N–H and O–H groups in total. The van der Waals surface area contributed by atoms with Gasteiger partial charge in [-0.1, -0.05) is 0 Å². The second-order valence-electron chi connectivity index (χ2n) is 4.28. The van der Waals surface area contributed by atoms with Gasteiger partial charge in [0, 0.05) is 19.2 Å². The molecule has 0 bridgehead atoms. The van der Waals surface area contributed by atoms with Crippen molar-refractivity contribution in [3.05, 3.63) is 21.8 Å². The van der Waals surface area contributed by atoms with Crippen LogP contribution in [0, 0.1) is 3.57 Å². The van der Waals surface area contributed by atoms with Crippen LogP contribution in [0.1, 0.15) is 12.8 Å². The number of benzene rings is 1. The molecule has 2 rings (SSSR count). The number of ether oxygens (including phenoxy) is 2. The van der Waals surface area contributed by atoms with Crippen molar-refractivity contribution in [1.82, 2.24) is 4.72 Å². The van der Waals surface area contributed by atoms with Gasteiger partial charge in [-0.05, 0) is 47.6 Å². The van der Waals surface area contributed by atoms with Crippen LogP contribution in [-0.4, -0.2) is 34.8 Å². The molecule has 7 heteroatoms. The highest BCUT2D eigenvalue weighted by atomic mass is 127. The number of halogens is 1. The molecule has 1 fully saturated rings. The van der Waals surface area contributed by atoms with Gasteiger partial charge in [-0.2, -0.15) is 0 Å². The summed E-state index contributed by atoms with van der Waals surface area (Å²) in [5, 5.41) is 0. The second-order valence-corrected chi connectivity index (χ2v) is 7.21. The third-order valence-electron chi connectivity index (χ3n) is 2.96. The van der Waals surface area contributed by atoms with Crippen LogP contribution in [0.5, 0.6) is 5.75 Å². The summed E-state index contributed by atoms with van der Waals surface area (Å²) >= 11 is 2.10. The van der Waals surface area contributed by atoms with E-state index in [9.17, 15) is 8.42 Å². The molecule has 5 nitrogen and oxygen atoms in total. The molecular formula is C12H16INO4S. The molecule has 19 heavy (non-hydrogen) atoms. The molecule has 1 atom stereocenters. The fourth-order valence-electron chi connectivity index (χ4n) is 1.90. The van der Waals surface area contributed by atoms with Gasteiger partial charge >= 0.3 is 0 Å². The summed E-state index contributed by atoms with van der Waals surface area (Å²) < 4.78 is 38.3. The van der Waals surface area contributed by atoms with Crippen molar-refractivity contribution in [2.24, 2.45) is 0 Å². The number of hydrogen-bond donors (Lipinski definition) is 1. The first-order valence-electron chi connectivity index (χ1n) is 5.98. The Morgan fingerprint density at radius 2 is 2.32 bits per heavy atom. The van der Waals surface area contributed by atoms with Crippen LogP contribution in [-0.2, 0) is 14.8 Å². The lowest BCUT2D eigenvalue weighted by Gasteiger charge is -2.12. The number of nitrogens with one attached hydrogen (secondary N) is 1. The standard InChI is InChI=1S/C12H16INO4S/c1-17-12-7-10(4-5-11(12)13)19(15,16)14-8-9-3-2-6-18-9/h4-5,7,9,14H,2-3,6,8H2,1H3. The summed E-state index contributed by atoms with van der Waals surface area (Å²) in [6.45, 7) is 1.03. The van der Waals surface area contributed by atoms with E-state index in [1.807, 2.05) is 0 Å². The molecule has 1 aliphatic heterocycles. The number of sulfonamides is 1. The summed E-state index contributed by atoms with van der Waals surface area (Å²) in [5.74, 6) is 0.556. The summed E-state index contributed by atoms with van der Waals surface area (Å²) in [5.41, 5.74) is 0. The fraction of sp³-hybridized carbons (Fsp3) is 0.500. The maximum absolute atomic E-state index is 12.1. The third-order valence-corrected chi connectivity index (χ3v) is 5.27. The SMILES string of the molecule is COc1cc(S(=O)(=O)NCC2CCCO2)ccc1I. The van der Waals surface area contributed by atoms with Gasteiger partial charge in [0.25, 0.3) is 0 Å². The quantitative estimate of drug-likeness (QED) is 0.770. The van der Waals surface area contributed by atoms with Crippen LogP contribution in [0.3, 0.4) is 0 Å². The maximum Gasteiger partial charge on any atom is 0.240 e. The van der Waals surface area contributed by atoms with E-state index in [4.69, 9.17) is 9.47 Å². The third kappa shape index (κ3) is 3.80. The Morgan fingerprint density at radius 3 is 2.95 bits per heavy atom. The molecule has 0 amide bonds. The van der Waals surface area contributed by atoms with E-state index in [0.717, 1.165) is 16.4 Å². The summed E-state index contributed by atoms with van der Waals surface area (Å²) in [4.78, 5) is 0.211. The minimum atomic E-state index is -3.51. The predicted molar refractivity (Wildman–Crippen MR) is 79.9 cm³/mol. The average Bonchev–Trinajstić information content (AvgIpc) is 2.90. The highest BCUT2D eigenvalue weighted by Gasteiger charge is 2.21. The molecule has 0 aromatic heterocycles. The maximum atomic E-state index is 12.1. The molecule has 0 spiro atoms. The largest absolute Gasteiger partial charge is 0.496 e. The first-order chi connectivity index (χ1) is 9.03. The normalized spacial score (nSPS) is 19.6. The van der Waals surface area contributed by atoms with Crippen LogP contribution < -0.4 is 9.46 Å². The minimum Gasteiger partial charge on any atom is -0.496 e. The Morgan fingerprint density at radius 1 is 1.53 bits per heavy atom. The van der Waals surface area contributed by atoms with E-state index < -0.39 is 10.0 Å². The zero-order chi connectivity index (χ0) is 13.9. The molecular weight excluding hydrogens is 381 g/mol. The Bertz CT molecular complexity index is 541. The van der Waals surface area contributed by atoms with Crippen LogP contribution in [0.15, 0.2) is 23.1 Å². The van der Waals surface area contributed by atoms with E-state index in [1.54, 1.807) is 12.1 Å². The second kappa shape index (κ2) is 6.38. The number of rotatable bonds is 5. The first-order valence-corrected chi connectivity index (χ1v) is 8.54. The monoisotopic (exact) mass is 397 g/mol. The molecule has 1 aromatic rings. The lowest BCUT2D eigenvalue weighted by Crippen LogP contribution is -2.31. The molecule has 0 radical (unpaired) electrons. The molecule has 1 heterocycles. The number of hydrogen-bond acceptors (Lipinski definition) is 4. The highest BCUT2D eigenvalue weighted by molar-refractivity contribution is 14.1. The van der Waals surface area contributed by atoms with E-state index >= 15 is 0 Å².